The van der Waals surface area contributed by atoms with Crippen LogP contribution in [0.25, 0.3) is 0 Å². The Morgan fingerprint density at radius 2 is 1.11 bits per heavy atom. The smallest absolute Gasteiger partial charge is 0.323 e. The number of rotatable bonds is 9. The normalized spacial score (nSPS) is 16.6. The highest BCUT2D eigenvalue weighted by atomic mass is 33.1. The van der Waals surface area contributed by atoms with E-state index in [9.17, 15) is 9.13 Å². The van der Waals surface area contributed by atoms with Crippen molar-refractivity contribution in [1.82, 2.24) is 0 Å². The van der Waals surface area contributed by atoms with E-state index in [1.807, 2.05) is 0 Å². The predicted octanol–water partition coefficient (Wildman–Crippen LogP) is 0.0730. The van der Waals surface area contributed by atoms with E-state index in [1.54, 1.807) is 0 Å². The molecule has 0 aliphatic heterocycles. The van der Waals surface area contributed by atoms with Gasteiger partial charge < -0.3 is 31.0 Å². The molecule has 0 radical (unpaired) electrons. The molecule has 12 heteroatoms. The first kappa shape index (κ1) is 18.9. The molecule has 8 N–H and O–H groups in total. The molecule has 0 rings (SSSR count). The van der Waals surface area contributed by atoms with E-state index in [0.717, 1.165) is 0 Å². The average molecular weight is 340 g/mol. The maximum Gasteiger partial charge on any atom is 0.342 e. The lowest BCUT2D eigenvalue weighted by Gasteiger charge is -2.13. The van der Waals surface area contributed by atoms with E-state index >= 15 is 0 Å². The third-order valence-electron chi connectivity index (χ3n) is 1.94. The molecule has 0 bridgehead atoms. The SMILES string of the molecule is NC(CCSSCCC(N)P(=O)(O)O)P(=O)(O)O. The third kappa shape index (κ3) is 8.92. The minimum atomic E-state index is -4.22. The summed E-state index contributed by atoms with van der Waals surface area (Å²) < 4.78 is 21.4. The van der Waals surface area contributed by atoms with Crippen molar-refractivity contribution in [3.8, 4) is 0 Å². The second-order valence-electron chi connectivity index (χ2n) is 3.53. The zero-order valence-corrected chi connectivity index (χ0v) is 12.9. The quantitative estimate of drug-likeness (QED) is 0.192. The van der Waals surface area contributed by atoms with Crippen molar-refractivity contribution in [2.75, 3.05) is 11.5 Å². The van der Waals surface area contributed by atoms with E-state index in [2.05, 4.69) is 0 Å². The van der Waals surface area contributed by atoms with Crippen molar-refractivity contribution in [3.63, 3.8) is 0 Å². The van der Waals surface area contributed by atoms with Gasteiger partial charge in [0.05, 0.1) is 0 Å². The molecule has 0 aliphatic carbocycles. The van der Waals surface area contributed by atoms with Gasteiger partial charge in [0.1, 0.15) is 11.6 Å². The first-order valence-corrected chi connectivity index (χ1v) is 10.8. The summed E-state index contributed by atoms with van der Waals surface area (Å²) in [5.41, 5.74) is 10.5. The monoisotopic (exact) mass is 340 g/mol. The number of hydrogen-bond donors (Lipinski definition) is 6. The van der Waals surface area contributed by atoms with Crippen LogP contribution >= 0.6 is 36.8 Å². The molecule has 0 aromatic heterocycles. The Kier molecular flexibility index (Phi) is 8.68. The van der Waals surface area contributed by atoms with Crippen molar-refractivity contribution in [2.24, 2.45) is 11.5 Å². The molecular weight excluding hydrogens is 322 g/mol. The van der Waals surface area contributed by atoms with E-state index < -0.39 is 26.8 Å². The molecule has 2 atom stereocenters. The summed E-state index contributed by atoms with van der Waals surface area (Å²) in [6, 6.07) is 0. The van der Waals surface area contributed by atoms with Gasteiger partial charge in [0.25, 0.3) is 0 Å². The third-order valence-corrected chi connectivity index (χ3v) is 6.66. The predicted molar refractivity (Wildman–Crippen MR) is 74.2 cm³/mol. The molecule has 0 spiro atoms. The highest BCUT2D eigenvalue weighted by Crippen LogP contribution is 2.42. The van der Waals surface area contributed by atoms with Crippen LogP contribution in [0.3, 0.4) is 0 Å². The van der Waals surface area contributed by atoms with Gasteiger partial charge in [-0.25, -0.2) is 0 Å². The van der Waals surface area contributed by atoms with Gasteiger partial charge in [0, 0.05) is 11.5 Å². The molecule has 0 saturated carbocycles. The average Bonchev–Trinajstić information content (AvgIpc) is 2.19. The van der Waals surface area contributed by atoms with Crippen LogP contribution in [-0.2, 0) is 9.13 Å². The van der Waals surface area contributed by atoms with E-state index in [1.165, 1.54) is 21.6 Å². The summed E-state index contributed by atoms with van der Waals surface area (Å²) >= 11 is 0. The lowest BCUT2D eigenvalue weighted by atomic mass is 10.5. The first-order valence-electron chi connectivity index (χ1n) is 4.91. The minimum Gasteiger partial charge on any atom is -0.323 e. The molecule has 0 heterocycles. The fourth-order valence-corrected chi connectivity index (χ4v) is 4.29. The highest BCUT2D eigenvalue weighted by molar-refractivity contribution is 8.76. The van der Waals surface area contributed by atoms with Crippen LogP contribution in [0.2, 0.25) is 0 Å². The van der Waals surface area contributed by atoms with E-state index in [4.69, 9.17) is 31.0 Å². The minimum absolute atomic E-state index is 0.173. The summed E-state index contributed by atoms with van der Waals surface area (Å²) in [5, 5.41) is 0. The molecule has 0 aromatic carbocycles. The van der Waals surface area contributed by atoms with Gasteiger partial charge in [-0.3, -0.25) is 9.13 Å². The van der Waals surface area contributed by atoms with Gasteiger partial charge in [0.2, 0.25) is 0 Å². The zero-order chi connectivity index (χ0) is 14.4. The maximum absolute atomic E-state index is 10.7. The molecule has 0 aliphatic rings. The van der Waals surface area contributed by atoms with Gasteiger partial charge in [-0.15, -0.1) is 0 Å². The second-order valence-corrected chi connectivity index (χ2v) is 9.92. The molecule has 18 heavy (non-hydrogen) atoms. The Morgan fingerprint density at radius 3 is 1.33 bits per heavy atom. The summed E-state index contributed by atoms with van der Waals surface area (Å²) in [5.74, 6) is -1.43. The second kappa shape index (κ2) is 8.26. The summed E-state index contributed by atoms with van der Waals surface area (Å²) in [6.07, 6.45) is 0.346. The van der Waals surface area contributed by atoms with Gasteiger partial charge in [-0.05, 0) is 12.8 Å². The molecule has 0 aromatic rings. The largest absolute Gasteiger partial charge is 0.342 e. The van der Waals surface area contributed by atoms with Crippen molar-refractivity contribution >= 4 is 36.8 Å². The zero-order valence-electron chi connectivity index (χ0n) is 9.45. The lowest BCUT2D eigenvalue weighted by Crippen LogP contribution is -2.21. The number of nitrogens with two attached hydrogens (primary N) is 2. The fourth-order valence-electron chi connectivity index (χ4n) is 0.792. The Bertz CT molecular complexity index is 302. The molecule has 2 unspecified atom stereocenters. The standard InChI is InChI=1S/C6H18N2O6P2S2/c7-5(15(9,10)11)1-3-17-18-4-2-6(8)16(12,13)14/h5-6H,1-4,7-8H2,(H2,9,10,11)(H2,12,13,14). The molecule has 0 saturated heterocycles. The van der Waals surface area contributed by atoms with Crippen molar-refractivity contribution < 1.29 is 28.7 Å². The summed E-state index contributed by atoms with van der Waals surface area (Å²) in [4.78, 5) is 34.9. The van der Waals surface area contributed by atoms with E-state index in [-0.39, 0.29) is 12.8 Å². The number of hydrogen-bond acceptors (Lipinski definition) is 6. The highest BCUT2D eigenvalue weighted by Gasteiger charge is 2.25. The van der Waals surface area contributed by atoms with Crippen LogP contribution in [-0.4, -0.2) is 42.6 Å². The summed E-state index contributed by atoms with van der Waals surface area (Å²) in [7, 11) is -5.77. The van der Waals surface area contributed by atoms with Crippen LogP contribution in [0.4, 0.5) is 0 Å². The Balaban J connectivity index is 3.59. The fraction of sp³-hybridized carbons (Fsp3) is 1.00. The molecule has 8 nitrogen and oxygen atoms in total. The Hall–Kier alpha value is 0.920. The van der Waals surface area contributed by atoms with Gasteiger partial charge in [-0.2, -0.15) is 0 Å². The van der Waals surface area contributed by atoms with Gasteiger partial charge >= 0.3 is 15.2 Å². The van der Waals surface area contributed by atoms with E-state index in [0.29, 0.717) is 11.5 Å². The van der Waals surface area contributed by atoms with Crippen LogP contribution in [0.1, 0.15) is 12.8 Å². The molecule has 110 valence electrons. The van der Waals surface area contributed by atoms with Crippen molar-refractivity contribution in [2.45, 2.75) is 24.4 Å². The Labute approximate surface area is 113 Å². The van der Waals surface area contributed by atoms with Crippen LogP contribution in [0.5, 0.6) is 0 Å². The summed E-state index contributed by atoms with van der Waals surface area (Å²) in [6.45, 7) is 0. The maximum atomic E-state index is 10.7. The molecule has 0 amide bonds. The van der Waals surface area contributed by atoms with Crippen LogP contribution in [0.15, 0.2) is 0 Å². The van der Waals surface area contributed by atoms with Crippen molar-refractivity contribution in [3.05, 3.63) is 0 Å². The topological polar surface area (TPSA) is 167 Å². The van der Waals surface area contributed by atoms with Gasteiger partial charge in [0.15, 0.2) is 0 Å². The van der Waals surface area contributed by atoms with Crippen LogP contribution < -0.4 is 11.5 Å². The molecular formula is C6H18N2O6P2S2. The molecule has 0 fully saturated rings. The van der Waals surface area contributed by atoms with Crippen molar-refractivity contribution in [1.29, 1.82) is 0 Å². The van der Waals surface area contributed by atoms with Gasteiger partial charge in [-0.1, -0.05) is 21.6 Å². The Morgan fingerprint density at radius 1 is 0.833 bits per heavy atom. The van der Waals surface area contributed by atoms with Crippen LogP contribution in [0, 0.1) is 0 Å². The lowest BCUT2D eigenvalue weighted by molar-refractivity contribution is 0.355. The first-order chi connectivity index (χ1) is 8.05.